The van der Waals surface area contributed by atoms with Gasteiger partial charge in [-0.2, -0.15) is 0 Å². The highest BCUT2D eigenvalue weighted by atomic mass is 16.1. The fourth-order valence-electron chi connectivity index (χ4n) is 1.24. The summed E-state index contributed by atoms with van der Waals surface area (Å²) in [4.78, 5) is 10.7. The SMILES string of the molecule is CC.CC.CC.CCC.C[C@@H]1CCCC(=O)C1. The van der Waals surface area contributed by atoms with Crippen LogP contribution in [0, 0.1) is 5.92 Å². The van der Waals surface area contributed by atoms with Crippen molar-refractivity contribution in [2.24, 2.45) is 5.92 Å². The minimum absolute atomic E-state index is 0.462. The first-order valence-electron chi connectivity index (χ1n) is 7.72. The molecule has 1 saturated carbocycles. The number of rotatable bonds is 0. The second kappa shape index (κ2) is 29.6. The van der Waals surface area contributed by atoms with E-state index in [9.17, 15) is 4.79 Å². The summed E-state index contributed by atoms with van der Waals surface area (Å²) in [6, 6.07) is 0. The van der Waals surface area contributed by atoms with Crippen LogP contribution in [0.3, 0.4) is 0 Å². The lowest BCUT2D eigenvalue weighted by atomic mass is 9.90. The predicted molar refractivity (Wildman–Crippen MR) is 82.6 cm³/mol. The zero-order chi connectivity index (χ0) is 14.7. The highest BCUT2D eigenvalue weighted by Crippen LogP contribution is 2.19. The number of Topliss-reactive ketones (excluding diaryl/α,β-unsaturated/α-hetero) is 1. The van der Waals surface area contributed by atoms with Crippen LogP contribution in [0.2, 0.25) is 0 Å². The van der Waals surface area contributed by atoms with Crippen LogP contribution in [0.15, 0.2) is 0 Å². The molecule has 1 heteroatoms. The van der Waals surface area contributed by atoms with Gasteiger partial charge in [0, 0.05) is 12.8 Å². The first-order valence-corrected chi connectivity index (χ1v) is 7.72. The molecule has 17 heavy (non-hydrogen) atoms. The average Bonchev–Trinajstić information content (AvgIpc) is 2.37. The summed E-state index contributed by atoms with van der Waals surface area (Å²) >= 11 is 0. The molecule has 1 nitrogen and oxygen atoms in total. The third-order valence-electron chi connectivity index (χ3n) is 1.73. The molecule has 0 amide bonds. The molecule has 0 unspecified atom stereocenters. The number of hydrogen-bond acceptors (Lipinski definition) is 1. The average molecular weight is 246 g/mol. The molecule has 108 valence electrons. The van der Waals surface area contributed by atoms with Crippen LogP contribution < -0.4 is 0 Å². The van der Waals surface area contributed by atoms with E-state index in [0.717, 1.165) is 19.3 Å². The van der Waals surface area contributed by atoms with E-state index in [2.05, 4.69) is 20.8 Å². The molecular formula is C16H38O. The molecule has 1 fully saturated rings. The molecule has 0 spiro atoms. The molecule has 0 radical (unpaired) electrons. The first-order chi connectivity index (χ1) is 8.20. The van der Waals surface area contributed by atoms with Crippen LogP contribution in [0.4, 0.5) is 0 Å². The zero-order valence-corrected chi connectivity index (χ0v) is 14.0. The van der Waals surface area contributed by atoms with Crippen LogP contribution in [-0.2, 0) is 4.79 Å². The van der Waals surface area contributed by atoms with E-state index >= 15 is 0 Å². The molecule has 0 aromatic heterocycles. The summed E-state index contributed by atoms with van der Waals surface area (Å²) in [5.41, 5.74) is 0. The van der Waals surface area contributed by atoms with Gasteiger partial charge < -0.3 is 0 Å². The largest absolute Gasteiger partial charge is 0.300 e. The van der Waals surface area contributed by atoms with Gasteiger partial charge in [-0.1, -0.05) is 68.7 Å². The van der Waals surface area contributed by atoms with Crippen LogP contribution in [0.1, 0.15) is 94.4 Å². The van der Waals surface area contributed by atoms with E-state index in [1.165, 1.54) is 12.8 Å². The molecule has 1 atom stereocenters. The first kappa shape index (κ1) is 25.5. The minimum Gasteiger partial charge on any atom is -0.300 e. The van der Waals surface area contributed by atoms with Gasteiger partial charge in [-0.25, -0.2) is 0 Å². The van der Waals surface area contributed by atoms with Crippen LogP contribution in [-0.4, -0.2) is 5.78 Å². The summed E-state index contributed by atoms with van der Waals surface area (Å²) < 4.78 is 0. The monoisotopic (exact) mass is 246 g/mol. The maximum Gasteiger partial charge on any atom is 0.133 e. The molecule has 0 N–H and O–H groups in total. The van der Waals surface area contributed by atoms with Gasteiger partial charge in [-0.15, -0.1) is 0 Å². The summed E-state index contributed by atoms with van der Waals surface area (Å²) in [5.74, 6) is 1.12. The Labute approximate surface area is 111 Å². The molecule has 0 bridgehead atoms. The van der Waals surface area contributed by atoms with Gasteiger partial charge in [-0.3, -0.25) is 4.79 Å². The maximum atomic E-state index is 10.7. The van der Waals surface area contributed by atoms with Gasteiger partial charge in [0.25, 0.3) is 0 Å². The standard InChI is InChI=1S/C7H12O.C3H8.3C2H6/c1-6-3-2-4-7(8)5-6;1-3-2;3*1-2/h6H,2-5H2,1H3;3H2,1-2H3;3*1-2H3/t6-;;;;/m1..../s1. The van der Waals surface area contributed by atoms with E-state index in [-0.39, 0.29) is 0 Å². The van der Waals surface area contributed by atoms with Crippen molar-refractivity contribution >= 4 is 5.78 Å². The van der Waals surface area contributed by atoms with Crippen LogP contribution in [0.5, 0.6) is 0 Å². The summed E-state index contributed by atoms with van der Waals surface area (Å²) in [6.07, 6.45) is 5.30. The van der Waals surface area contributed by atoms with Gasteiger partial charge in [0.1, 0.15) is 5.78 Å². The van der Waals surface area contributed by atoms with Gasteiger partial charge in [-0.05, 0) is 18.8 Å². The Kier molecular flexibility index (Phi) is 44.4. The number of hydrogen-bond donors (Lipinski definition) is 0. The van der Waals surface area contributed by atoms with E-state index in [4.69, 9.17) is 0 Å². The Balaban J connectivity index is -0.0000000801. The Morgan fingerprint density at radius 3 is 1.53 bits per heavy atom. The molecule has 1 aliphatic rings. The lowest BCUT2D eigenvalue weighted by Gasteiger charge is -2.14. The van der Waals surface area contributed by atoms with Gasteiger partial charge in [0.15, 0.2) is 0 Å². The normalized spacial score (nSPS) is 16.5. The number of carbonyl (C=O) groups is 1. The van der Waals surface area contributed by atoms with E-state index in [1.807, 2.05) is 41.5 Å². The van der Waals surface area contributed by atoms with Crippen molar-refractivity contribution in [3.8, 4) is 0 Å². The molecule has 1 aliphatic carbocycles. The Morgan fingerprint density at radius 1 is 1.00 bits per heavy atom. The summed E-state index contributed by atoms with van der Waals surface area (Å²) in [6.45, 7) is 18.4. The highest BCUT2D eigenvalue weighted by Gasteiger charge is 2.14. The fraction of sp³-hybridized carbons (Fsp3) is 0.938. The van der Waals surface area contributed by atoms with Crippen molar-refractivity contribution in [2.75, 3.05) is 0 Å². The Morgan fingerprint density at radius 2 is 1.35 bits per heavy atom. The maximum absolute atomic E-state index is 10.7. The lowest BCUT2D eigenvalue weighted by Crippen LogP contribution is -2.11. The quantitative estimate of drug-likeness (QED) is 0.493. The number of ketones is 1. The lowest BCUT2D eigenvalue weighted by molar-refractivity contribution is -0.121. The third kappa shape index (κ3) is 31.3. The van der Waals surface area contributed by atoms with Gasteiger partial charge in [0.05, 0.1) is 0 Å². The zero-order valence-electron chi connectivity index (χ0n) is 14.0. The second-order valence-electron chi connectivity index (χ2n) is 3.45. The Bertz CT molecular complexity index is 108. The van der Waals surface area contributed by atoms with Gasteiger partial charge >= 0.3 is 0 Å². The molecule has 0 heterocycles. The van der Waals surface area contributed by atoms with Crippen LogP contribution in [0.25, 0.3) is 0 Å². The van der Waals surface area contributed by atoms with Crippen LogP contribution >= 0.6 is 0 Å². The van der Waals surface area contributed by atoms with Gasteiger partial charge in [0.2, 0.25) is 0 Å². The smallest absolute Gasteiger partial charge is 0.133 e. The predicted octanol–water partition coefficient (Wildman–Crippen LogP) is 6.26. The summed E-state index contributed by atoms with van der Waals surface area (Å²) in [5, 5.41) is 0. The highest BCUT2D eigenvalue weighted by molar-refractivity contribution is 5.79. The fourth-order valence-corrected chi connectivity index (χ4v) is 1.24. The second-order valence-corrected chi connectivity index (χ2v) is 3.45. The molecular weight excluding hydrogens is 208 g/mol. The van der Waals surface area contributed by atoms with E-state index < -0.39 is 0 Å². The molecule has 0 aromatic rings. The van der Waals surface area contributed by atoms with E-state index in [0.29, 0.717) is 11.7 Å². The Hall–Kier alpha value is -0.330. The van der Waals surface area contributed by atoms with Crippen molar-refractivity contribution in [1.29, 1.82) is 0 Å². The minimum atomic E-state index is 0.462. The van der Waals surface area contributed by atoms with Crippen molar-refractivity contribution in [2.45, 2.75) is 94.4 Å². The number of carbonyl (C=O) groups excluding carboxylic acids is 1. The topological polar surface area (TPSA) is 17.1 Å². The van der Waals surface area contributed by atoms with Crippen molar-refractivity contribution in [1.82, 2.24) is 0 Å². The van der Waals surface area contributed by atoms with Crippen molar-refractivity contribution in [3.05, 3.63) is 0 Å². The molecule has 1 rings (SSSR count). The third-order valence-corrected chi connectivity index (χ3v) is 1.73. The molecule has 0 saturated heterocycles. The van der Waals surface area contributed by atoms with Crippen molar-refractivity contribution in [3.63, 3.8) is 0 Å². The molecule has 0 aromatic carbocycles. The summed E-state index contributed by atoms with van der Waals surface area (Å²) in [7, 11) is 0. The van der Waals surface area contributed by atoms with E-state index in [1.54, 1.807) is 0 Å². The molecule has 0 aliphatic heterocycles. The van der Waals surface area contributed by atoms with Crippen molar-refractivity contribution < 1.29 is 4.79 Å².